The van der Waals surface area contributed by atoms with Crippen molar-refractivity contribution in [2.45, 2.75) is 0 Å². The van der Waals surface area contributed by atoms with E-state index >= 15 is 0 Å². The summed E-state index contributed by atoms with van der Waals surface area (Å²) in [5.41, 5.74) is 3.90. The summed E-state index contributed by atoms with van der Waals surface area (Å²) in [4.78, 5) is 15.9. The van der Waals surface area contributed by atoms with Gasteiger partial charge in [-0.1, -0.05) is 18.7 Å². The van der Waals surface area contributed by atoms with Crippen molar-refractivity contribution in [2.24, 2.45) is 7.05 Å². The van der Waals surface area contributed by atoms with Gasteiger partial charge in [-0.25, -0.2) is 4.98 Å². The lowest BCUT2D eigenvalue weighted by Crippen LogP contribution is -2.07. The van der Waals surface area contributed by atoms with Crippen molar-refractivity contribution in [2.75, 3.05) is 5.32 Å². The summed E-state index contributed by atoms with van der Waals surface area (Å²) in [5, 5.41) is 12.7. The van der Waals surface area contributed by atoms with Gasteiger partial charge in [0.1, 0.15) is 5.65 Å². The topological polar surface area (TPSA) is 70.7 Å². The van der Waals surface area contributed by atoms with E-state index in [9.17, 15) is 4.79 Å². The fourth-order valence-corrected chi connectivity index (χ4v) is 2.51. The van der Waals surface area contributed by atoms with E-state index in [1.165, 1.54) is 6.08 Å². The van der Waals surface area contributed by atoms with Gasteiger partial charge in [-0.15, -0.1) is 0 Å². The standard InChI is InChI=1S/C18H14N4O/c1-3-17(23)21-14-8-15-16(11-22(2)18(15)20-10-14)13-6-4-5-12(7-13)9-19/h3-8,10-11H,1H2,2H3,(H,21,23). The molecule has 0 saturated carbocycles. The van der Waals surface area contributed by atoms with Crippen molar-refractivity contribution >= 4 is 22.6 Å². The molecule has 1 aromatic carbocycles. The van der Waals surface area contributed by atoms with Crippen molar-refractivity contribution in [3.63, 3.8) is 0 Å². The van der Waals surface area contributed by atoms with Gasteiger partial charge in [0.05, 0.1) is 23.5 Å². The molecule has 23 heavy (non-hydrogen) atoms. The van der Waals surface area contributed by atoms with Gasteiger partial charge in [0.15, 0.2) is 0 Å². The van der Waals surface area contributed by atoms with Crippen LogP contribution in [0.2, 0.25) is 0 Å². The van der Waals surface area contributed by atoms with Crippen molar-refractivity contribution in [3.8, 4) is 17.2 Å². The Labute approximate surface area is 133 Å². The zero-order chi connectivity index (χ0) is 16.4. The monoisotopic (exact) mass is 302 g/mol. The van der Waals surface area contributed by atoms with Crippen LogP contribution in [0.4, 0.5) is 5.69 Å². The Balaban J connectivity index is 2.16. The van der Waals surface area contributed by atoms with Gasteiger partial charge in [-0.2, -0.15) is 5.26 Å². The largest absolute Gasteiger partial charge is 0.335 e. The minimum Gasteiger partial charge on any atom is -0.335 e. The number of nitriles is 1. The zero-order valence-corrected chi connectivity index (χ0v) is 12.6. The van der Waals surface area contributed by atoms with Crippen LogP contribution < -0.4 is 5.32 Å². The Bertz CT molecular complexity index is 963. The lowest BCUT2D eigenvalue weighted by atomic mass is 10.0. The van der Waals surface area contributed by atoms with Crippen LogP contribution in [-0.4, -0.2) is 15.5 Å². The smallest absolute Gasteiger partial charge is 0.247 e. The molecule has 0 saturated heterocycles. The molecule has 2 heterocycles. The van der Waals surface area contributed by atoms with Crippen LogP contribution in [0.1, 0.15) is 5.56 Å². The number of anilines is 1. The first-order valence-corrected chi connectivity index (χ1v) is 7.01. The Hall–Kier alpha value is -3.39. The number of hydrogen-bond donors (Lipinski definition) is 1. The van der Waals surface area contributed by atoms with E-state index < -0.39 is 0 Å². The third-order valence-corrected chi connectivity index (χ3v) is 3.57. The highest BCUT2D eigenvalue weighted by Crippen LogP contribution is 2.31. The van der Waals surface area contributed by atoms with E-state index in [1.807, 2.05) is 42.1 Å². The van der Waals surface area contributed by atoms with Gasteiger partial charge in [0, 0.05) is 24.2 Å². The summed E-state index contributed by atoms with van der Waals surface area (Å²) in [6.45, 7) is 3.44. The number of aryl methyl sites for hydroxylation is 1. The molecular formula is C18H14N4O. The molecule has 0 atom stereocenters. The fraction of sp³-hybridized carbons (Fsp3) is 0.0556. The molecule has 0 radical (unpaired) electrons. The molecule has 0 spiro atoms. The average Bonchev–Trinajstić information content (AvgIpc) is 2.91. The second-order valence-electron chi connectivity index (χ2n) is 5.13. The average molecular weight is 302 g/mol. The van der Waals surface area contributed by atoms with E-state index in [0.29, 0.717) is 11.3 Å². The minimum atomic E-state index is -0.282. The van der Waals surface area contributed by atoms with Gasteiger partial charge in [-0.3, -0.25) is 4.79 Å². The maximum absolute atomic E-state index is 11.5. The van der Waals surface area contributed by atoms with E-state index in [4.69, 9.17) is 5.26 Å². The molecule has 5 nitrogen and oxygen atoms in total. The summed E-state index contributed by atoms with van der Waals surface area (Å²) >= 11 is 0. The number of pyridine rings is 1. The number of fused-ring (bicyclic) bond motifs is 1. The van der Waals surface area contributed by atoms with E-state index in [2.05, 4.69) is 22.9 Å². The van der Waals surface area contributed by atoms with Crippen LogP contribution in [0.25, 0.3) is 22.2 Å². The first-order chi connectivity index (χ1) is 11.1. The maximum atomic E-state index is 11.5. The molecule has 0 bridgehead atoms. The van der Waals surface area contributed by atoms with E-state index in [1.54, 1.807) is 12.3 Å². The van der Waals surface area contributed by atoms with Crippen LogP contribution in [-0.2, 0) is 11.8 Å². The highest BCUT2D eigenvalue weighted by molar-refractivity contribution is 6.01. The first-order valence-electron chi connectivity index (χ1n) is 7.01. The normalized spacial score (nSPS) is 10.3. The lowest BCUT2D eigenvalue weighted by Gasteiger charge is -2.04. The highest BCUT2D eigenvalue weighted by Gasteiger charge is 2.11. The van der Waals surface area contributed by atoms with Gasteiger partial charge < -0.3 is 9.88 Å². The van der Waals surface area contributed by atoms with Gasteiger partial charge in [0.25, 0.3) is 0 Å². The number of rotatable bonds is 3. The summed E-state index contributed by atoms with van der Waals surface area (Å²) in [5.74, 6) is -0.282. The van der Waals surface area contributed by atoms with Gasteiger partial charge in [-0.05, 0) is 29.8 Å². The van der Waals surface area contributed by atoms with Gasteiger partial charge in [0.2, 0.25) is 5.91 Å². The molecule has 0 aliphatic heterocycles. The molecule has 2 aromatic heterocycles. The van der Waals surface area contributed by atoms with E-state index in [-0.39, 0.29) is 5.91 Å². The van der Waals surface area contributed by atoms with Crippen LogP contribution >= 0.6 is 0 Å². The molecule has 0 unspecified atom stereocenters. The molecule has 0 aliphatic carbocycles. The summed E-state index contributed by atoms with van der Waals surface area (Å²) in [6, 6.07) is 11.4. The Morgan fingerprint density at radius 3 is 3.00 bits per heavy atom. The molecule has 1 amide bonds. The summed E-state index contributed by atoms with van der Waals surface area (Å²) in [7, 11) is 1.91. The number of nitrogens with zero attached hydrogens (tertiary/aromatic N) is 3. The lowest BCUT2D eigenvalue weighted by molar-refractivity contribution is -0.111. The van der Waals surface area contributed by atoms with Gasteiger partial charge >= 0.3 is 0 Å². The number of aromatic nitrogens is 2. The SMILES string of the molecule is C=CC(=O)Nc1cnc2c(c1)c(-c1cccc(C#N)c1)cn2C. The number of amides is 1. The molecule has 3 aromatic rings. The van der Waals surface area contributed by atoms with Crippen molar-refractivity contribution in [1.29, 1.82) is 5.26 Å². The van der Waals surface area contributed by atoms with Crippen LogP contribution in [0.3, 0.4) is 0 Å². The summed E-state index contributed by atoms with van der Waals surface area (Å²) in [6.07, 6.45) is 4.79. The molecule has 0 fully saturated rings. The number of carbonyl (C=O) groups excluding carboxylic acids is 1. The second kappa shape index (κ2) is 5.78. The third kappa shape index (κ3) is 2.70. The fourth-order valence-electron chi connectivity index (χ4n) is 2.51. The number of benzene rings is 1. The van der Waals surface area contributed by atoms with Crippen LogP contribution in [0.5, 0.6) is 0 Å². The Morgan fingerprint density at radius 2 is 2.26 bits per heavy atom. The predicted molar refractivity (Wildman–Crippen MR) is 89.7 cm³/mol. The molecule has 0 aliphatic rings. The van der Waals surface area contributed by atoms with Crippen molar-refractivity contribution in [1.82, 2.24) is 9.55 Å². The first kappa shape index (κ1) is 14.5. The number of nitrogens with one attached hydrogen (secondary N) is 1. The molecule has 1 N–H and O–H groups in total. The second-order valence-corrected chi connectivity index (χ2v) is 5.13. The quantitative estimate of drug-likeness (QED) is 0.755. The van der Waals surface area contributed by atoms with E-state index in [0.717, 1.165) is 22.2 Å². The Kier molecular flexibility index (Phi) is 3.65. The Morgan fingerprint density at radius 1 is 1.43 bits per heavy atom. The maximum Gasteiger partial charge on any atom is 0.247 e. The van der Waals surface area contributed by atoms with Crippen molar-refractivity contribution < 1.29 is 4.79 Å². The zero-order valence-electron chi connectivity index (χ0n) is 12.6. The molecule has 5 heteroatoms. The van der Waals surface area contributed by atoms with Crippen LogP contribution in [0.15, 0.2) is 55.4 Å². The highest BCUT2D eigenvalue weighted by atomic mass is 16.1. The number of hydrogen-bond acceptors (Lipinski definition) is 3. The number of carbonyl (C=O) groups is 1. The third-order valence-electron chi connectivity index (χ3n) is 3.57. The van der Waals surface area contributed by atoms with Crippen molar-refractivity contribution in [3.05, 3.63) is 60.9 Å². The molecule has 112 valence electrons. The summed E-state index contributed by atoms with van der Waals surface area (Å²) < 4.78 is 1.92. The molecular weight excluding hydrogens is 288 g/mol. The predicted octanol–water partition coefficient (Wildman–Crippen LogP) is 3.24. The minimum absolute atomic E-state index is 0.282. The molecule has 3 rings (SSSR count). The van der Waals surface area contributed by atoms with Crippen LogP contribution in [0, 0.1) is 11.3 Å².